The van der Waals surface area contributed by atoms with Gasteiger partial charge in [-0.05, 0) is 71.1 Å². The van der Waals surface area contributed by atoms with Crippen molar-refractivity contribution in [3.8, 4) is 16.9 Å². The molecule has 0 fully saturated rings. The second-order valence-corrected chi connectivity index (χ2v) is 9.51. The number of aromatic amines is 1. The normalized spacial score (nSPS) is 15.1. The fraction of sp³-hybridized carbons (Fsp3) is 0.129. The minimum atomic E-state index is -0.243. The zero-order chi connectivity index (χ0) is 24.6. The van der Waals surface area contributed by atoms with Gasteiger partial charge in [0.05, 0.1) is 13.2 Å². The number of rotatable bonds is 4. The second kappa shape index (κ2) is 9.21. The lowest BCUT2D eigenvalue weighted by atomic mass is 9.91. The number of hydrogen-bond acceptors (Lipinski definition) is 2. The fourth-order valence-electron chi connectivity index (χ4n) is 5.21. The van der Waals surface area contributed by atoms with Crippen LogP contribution in [0.5, 0.6) is 5.75 Å². The van der Waals surface area contributed by atoms with Crippen LogP contribution < -0.4 is 4.74 Å². The number of halogens is 1. The smallest absolute Gasteiger partial charge is 0.254 e. The van der Waals surface area contributed by atoms with Crippen molar-refractivity contribution in [3.05, 3.63) is 124 Å². The molecule has 4 aromatic carbocycles. The summed E-state index contributed by atoms with van der Waals surface area (Å²) in [6.07, 6.45) is 0.760. The summed E-state index contributed by atoms with van der Waals surface area (Å²) in [5.74, 6) is 0.797. The zero-order valence-corrected chi connectivity index (χ0v) is 20.6. The molecule has 1 amide bonds. The van der Waals surface area contributed by atoms with Crippen molar-refractivity contribution in [1.82, 2.24) is 9.88 Å². The Morgan fingerprint density at radius 1 is 0.917 bits per heavy atom. The molecule has 1 aliphatic heterocycles. The summed E-state index contributed by atoms with van der Waals surface area (Å²) in [5, 5.41) is 1.83. The molecule has 1 unspecified atom stereocenters. The number of aromatic nitrogens is 1. The predicted octanol–water partition coefficient (Wildman–Crippen LogP) is 7.28. The van der Waals surface area contributed by atoms with E-state index in [2.05, 4.69) is 17.1 Å². The average molecular weight is 493 g/mol. The molecule has 2 heterocycles. The molecule has 0 bridgehead atoms. The number of benzene rings is 4. The largest absolute Gasteiger partial charge is 0.497 e. The van der Waals surface area contributed by atoms with Crippen LogP contribution in [-0.4, -0.2) is 29.4 Å². The van der Waals surface area contributed by atoms with Gasteiger partial charge in [-0.2, -0.15) is 0 Å². The van der Waals surface area contributed by atoms with Crippen LogP contribution >= 0.6 is 11.6 Å². The molecule has 0 saturated heterocycles. The Kier molecular flexibility index (Phi) is 5.74. The number of carbonyl (C=O) groups excluding carboxylic acids is 1. The second-order valence-electron chi connectivity index (χ2n) is 9.07. The van der Waals surface area contributed by atoms with Crippen LogP contribution in [-0.2, 0) is 6.42 Å². The average Bonchev–Trinajstić information content (AvgIpc) is 3.30. The van der Waals surface area contributed by atoms with Crippen LogP contribution in [0.25, 0.3) is 22.0 Å². The van der Waals surface area contributed by atoms with Gasteiger partial charge in [-0.1, -0.05) is 66.2 Å². The standard InChI is InChI=1S/C31H25ClN2O2/c1-36-25-14-11-22(12-15-25)30-29-26(27-19-24(32)13-16-28(27)33-29)17-18-34(30)31(35)23-9-7-21(8-10-23)20-5-3-2-4-6-20/h2-16,19,30,33H,17-18H2,1H3. The van der Waals surface area contributed by atoms with Crippen molar-refractivity contribution in [2.75, 3.05) is 13.7 Å². The van der Waals surface area contributed by atoms with E-state index >= 15 is 0 Å². The van der Waals surface area contributed by atoms with Gasteiger partial charge < -0.3 is 14.6 Å². The van der Waals surface area contributed by atoms with Crippen LogP contribution in [0.15, 0.2) is 97.1 Å². The summed E-state index contributed by atoms with van der Waals surface area (Å²) in [6, 6.07) is 31.7. The molecule has 1 atom stereocenters. The van der Waals surface area contributed by atoms with E-state index in [0.717, 1.165) is 45.5 Å². The highest BCUT2D eigenvalue weighted by Crippen LogP contribution is 2.40. The number of amides is 1. The first kappa shape index (κ1) is 22.4. The lowest BCUT2D eigenvalue weighted by molar-refractivity contribution is 0.0692. The highest BCUT2D eigenvalue weighted by atomic mass is 35.5. The van der Waals surface area contributed by atoms with Crippen molar-refractivity contribution >= 4 is 28.4 Å². The number of hydrogen-bond donors (Lipinski definition) is 1. The third-order valence-corrected chi connectivity index (χ3v) is 7.26. The number of fused-ring (bicyclic) bond motifs is 3. The van der Waals surface area contributed by atoms with Gasteiger partial charge in [0.1, 0.15) is 5.75 Å². The molecule has 0 saturated carbocycles. The molecule has 0 aliphatic carbocycles. The summed E-state index contributed by atoms with van der Waals surface area (Å²) in [5.41, 5.74) is 7.22. The summed E-state index contributed by atoms with van der Waals surface area (Å²) in [7, 11) is 1.66. The maximum absolute atomic E-state index is 13.9. The fourth-order valence-corrected chi connectivity index (χ4v) is 5.39. The van der Waals surface area contributed by atoms with E-state index in [9.17, 15) is 4.79 Å². The molecule has 178 valence electrons. The Balaban J connectivity index is 1.41. The van der Waals surface area contributed by atoms with Gasteiger partial charge in [0.2, 0.25) is 0 Å². The molecule has 1 aliphatic rings. The first-order valence-electron chi connectivity index (χ1n) is 12.0. The van der Waals surface area contributed by atoms with Crippen molar-refractivity contribution in [2.24, 2.45) is 0 Å². The molecule has 1 aromatic heterocycles. The van der Waals surface area contributed by atoms with Crippen LogP contribution in [0.1, 0.15) is 33.2 Å². The van der Waals surface area contributed by atoms with Gasteiger partial charge in [0, 0.05) is 33.7 Å². The van der Waals surface area contributed by atoms with Crippen molar-refractivity contribution in [1.29, 1.82) is 0 Å². The Bertz CT molecular complexity index is 1540. The quantitative estimate of drug-likeness (QED) is 0.286. The minimum absolute atomic E-state index is 0.0118. The number of nitrogens with zero attached hydrogens (tertiary/aromatic N) is 1. The van der Waals surface area contributed by atoms with E-state index in [1.54, 1.807) is 7.11 Å². The zero-order valence-electron chi connectivity index (χ0n) is 19.9. The summed E-state index contributed by atoms with van der Waals surface area (Å²) in [4.78, 5) is 19.5. The maximum atomic E-state index is 13.9. The SMILES string of the molecule is COc1ccc(C2c3[nH]c4ccc(Cl)cc4c3CCN2C(=O)c2ccc(-c3ccccc3)cc2)cc1. The van der Waals surface area contributed by atoms with Gasteiger partial charge in [-0.3, -0.25) is 4.79 Å². The number of carbonyl (C=O) groups is 1. The summed E-state index contributed by atoms with van der Waals surface area (Å²) >= 11 is 6.33. The third-order valence-electron chi connectivity index (χ3n) is 7.02. The van der Waals surface area contributed by atoms with E-state index in [4.69, 9.17) is 16.3 Å². The third kappa shape index (κ3) is 3.94. The first-order valence-corrected chi connectivity index (χ1v) is 12.4. The number of ether oxygens (including phenoxy) is 1. The Labute approximate surface area is 215 Å². The molecule has 5 aromatic rings. The topological polar surface area (TPSA) is 45.3 Å². The van der Waals surface area contributed by atoms with Crippen LogP contribution in [0.4, 0.5) is 0 Å². The van der Waals surface area contributed by atoms with Gasteiger partial charge in [0.15, 0.2) is 0 Å². The molecule has 1 N–H and O–H groups in total. The Morgan fingerprint density at radius 3 is 2.36 bits per heavy atom. The van der Waals surface area contributed by atoms with Gasteiger partial charge in [-0.15, -0.1) is 0 Å². The van der Waals surface area contributed by atoms with Gasteiger partial charge in [0.25, 0.3) is 5.91 Å². The monoisotopic (exact) mass is 492 g/mol. The van der Waals surface area contributed by atoms with Crippen molar-refractivity contribution in [2.45, 2.75) is 12.5 Å². The number of methoxy groups -OCH3 is 1. The van der Waals surface area contributed by atoms with E-state index in [0.29, 0.717) is 17.1 Å². The van der Waals surface area contributed by atoms with Crippen LogP contribution in [0.2, 0.25) is 5.02 Å². The van der Waals surface area contributed by atoms with Crippen LogP contribution in [0.3, 0.4) is 0 Å². The lowest BCUT2D eigenvalue weighted by Crippen LogP contribution is -2.40. The molecule has 6 rings (SSSR count). The molecule has 0 radical (unpaired) electrons. The lowest BCUT2D eigenvalue weighted by Gasteiger charge is -2.36. The Morgan fingerprint density at radius 2 is 1.64 bits per heavy atom. The molecular weight excluding hydrogens is 468 g/mol. The molecule has 36 heavy (non-hydrogen) atoms. The van der Waals surface area contributed by atoms with Crippen molar-refractivity contribution < 1.29 is 9.53 Å². The highest BCUT2D eigenvalue weighted by Gasteiger charge is 2.35. The number of nitrogens with one attached hydrogen (secondary N) is 1. The van der Waals surface area contributed by atoms with E-state index in [1.165, 1.54) is 5.56 Å². The molecular formula is C31H25ClN2O2. The van der Waals surface area contributed by atoms with Gasteiger partial charge in [-0.25, -0.2) is 0 Å². The Hall–Kier alpha value is -4.02. The molecule has 0 spiro atoms. The predicted molar refractivity (Wildman–Crippen MR) is 145 cm³/mol. The maximum Gasteiger partial charge on any atom is 0.254 e. The highest BCUT2D eigenvalue weighted by molar-refractivity contribution is 6.31. The van der Waals surface area contributed by atoms with E-state index in [1.807, 2.05) is 89.8 Å². The first-order chi connectivity index (χ1) is 17.6. The minimum Gasteiger partial charge on any atom is -0.497 e. The van der Waals surface area contributed by atoms with Crippen LogP contribution in [0, 0.1) is 0 Å². The van der Waals surface area contributed by atoms with E-state index in [-0.39, 0.29) is 11.9 Å². The summed E-state index contributed by atoms with van der Waals surface area (Å²) < 4.78 is 5.38. The molecule has 5 heteroatoms. The molecule has 4 nitrogen and oxygen atoms in total. The van der Waals surface area contributed by atoms with E-state index < -0.39 is 0 Å². The van der Waals surface area contributed by atoms with Crippen molar-refractivity contribution in [3.63, 3.8) is 0 Å². The number of H-pyrrole nitrogens is 1. The summed E-state index contributed by atoms with van der Waals surface area (Å²) in [6.45, 7) is 0.614. The van der Waals surface area contributed by atoms with Gasteiger partial charge >= 0.3 is 0 Å².